The van der Waals surface area contributed by atoms with E-state index < -0.39 is 0 Å². The van der Waals surface area contributed by atoms with E-state index in [1.165, 1.54) is 24.8 Å². The van der Waals surface area contributed by atoms with Crippen molar-refractivity contribution >= 4 is 5.95 Å². The lowest BCUT2D eigenvalue weighted by atomic mass is 10.1. The van der Waals surface area contributed by atoms with Crippen molar-refractivity contribution in [2.24, 2.45) is 7.05 Å². The zero-order valence-electron chi connectivity index (χ0n) is 15.0. The Kier molecular flexibility index (Phi) is 4.99. The lowest BCUT2D eigenvalue weighted by molar-refractivity contribution is 0.0342. The molecule has 0 unspecified atom stereocenters. The van der Waals surface area contributed by atoms with E-state index in [1.807, 2.05) is 11.7 Å². The van der Waals surface area contributed by atoms with E-state index in [-0.39, 0.29) is 0 Å². The molecule has 0 atom stereocenters. The zero-order valence-corrected chi connectivity index (χ0v) is 15.0. The fourth-order valence-electron chi connectivity index (χ4n) is 3.69. The smallest absolute Gasteiger partial charge is 0.224 e. The van der Waals surface area contributed by atoms with Gasteiger partial charge in [-0.25, -0.2) is 4.68 Å². The summed E-state index contributed by atoms with van der Waals surface area (Å²) in [7, 11) is 2.00. The second-order valence-corrected chi connectivity index (χ2v) is 7.00. The van der Waals surface area contributed by atoms with Gasteiger partial charge in [-0.3, -0.25) is 4.90 Å². The van der Waals surface area contributed by atoms with Crippen LogP contribution in [0.3, 0.4) is 0 Å². The minimum absolute atomic E-state index is 0.826. The molecule has 0 saturated carbocycles. The number of aryl methyl sites for hydroxylation is 1. The van der Waals surface area contributed by atoms with Crippen LogP contribution in [0, 0.1) is 0 Å². The minimum Gasteiger partial charge on any atom is -0.379 e. The summed E-state index contributed by atoms with van der Waals surface area (Å²) in [5.41, 5.74) is 2.41. The molecule has 0 N–H and O–H groups in total. The molecule has 0 bridgehead atoms. The van der Waals surface area contributed by atoms with Crippen LogP contribution in [0.5, 0.6) is 0 Å². The minimum atomic E-state index is 0.826. The van der Waals surface area contributed by atoms with E-state index >= 15 is 0 Å². The number of anilines is 1. The van der Waals surface area contributed by atoms with Crippen LogP contribution in [0.15, 0.2) is 24.3 Å². The average Bonchev–Trinajstić information content (AvgIpc) is 3.05. The van der Waals surface area contributed by atoms with Gasteiger partial charge >= 0.3 is 0 Å². The Bertz CT molecular complexity index is 702. The molecular formula is C19H27N5O. The Morgan fingerprint density at radius 2 is 1.84 bits per heavy atom. The Balaban J connectivity index is 1.52. The summed E-state index contributed by atoms with van der Waals surface area (Å²) in [6.45, 7) is 6.81. The van der Waals surface area contributed by atoms with Gasteiger partial charge in [0.05, 0.1) is 13.2 Å². The molecule has 1 aromatic carbocycles. The van der Waals surface area contributed by atoms with Crippen LogP contribution in [-0.2, 0) is 18.3 Å². The number of benzene rings is 1. The Hall–Kier alpha value is -1.92. The average molecular weight is 341 g/mol. The second-order valence-electron chi connectivity index (χ2n) is 7.00. The zero-order chi connectivity index (χ0) is 17.1. The van der Waals surface area contributed by atoms with Crippen molar-refractivity contribution in [1.82, 2.24) is 19.7 Å². The van der Waals surface area contributed by atoms with Crippen molar-refractivity contribution in [1.29, 1.82) is 0 Å². The topological polar surface area (TPSA) is 46.4 Å². The lowest BCUT2D eigenvalue weighted by Crippen LogP contribution is -2.35. The summed E-state index contributed by atoms with van der Waals surface area (Å²) < 4.78 is 7.36. The summed E-state index contributed by atoms with van der Waals surface area (Å²) in [4.78, 5) is 9.63. The first-order chi connectivity index (χ1) is 12.3. The summed E-state index contributed by atoms with van der Waals surface area (Å²) in [5.74, 6) is 1.82. The monoisotopic (exact) mass is 341 g/mol. The van der Waals surface area contributed by atoms with Gasteiger partial charge in [0.25, 0.3) is 0 Å². The molecule has 0 aliphatic carbocycles. The quantitative estimate of drug-likeness (QED) is 0.854. The normalized spacial score (nSPS) is 19.3. The molecule has 0 amide bonds. The number of hydrogen-bond donors (Lipinski definition) is 0. The molecular weight excluding hydrogens is 314 g/mol. The van der Waals surface area contributed by atoms with Gasteiger partial charge in [-0.2, -0.15) is 4.98 Å². The van der Waals surface area contributed by atoms with Gasteiger partial charge in [-0.1, -0.05) is 18.2 Å². The standard InChI is InChI=1S/C19H27N5O/c1-22-19(24-8-3-2-4-9-24)20-18(21-22)17-7-5-6-16(14-17)15-23-10-12-25-13-11-23/h5-7,14H,2-4,8-13,15H2,1H3. The third kappa shape index (κ3) is 3.85. The van der Waals surface area contributed by atoms with Gasteiger partial charge in [0.1, 0.15) is 0 Å². The molecule has 6 nitrogen and oxygen atoms in total. The fraction of sp³-hybridized carbons (Fsp3) is 0.579. The van der Waals surface area contributed by atoms with Crippen LogP contribution < -0.4 is 4.90 Å². The highest BCUT2D eigenvalue weighted by Crippen LogP contribution is 2.23. The van der Waals surface area contributed by atoms with Gasteiger partial charge in [0.2, 0.25) is 5.95 Å². The van der Waals surface area contributed by atoms with Crippen LogP contribution >= 0.6 is 0 Å². The summed E-state index contributed by atoms with van der Waals surface area (Å²) >= 11 is 0. The fourth-order valence-corrected chi connectivity index (χ4v) is 3.69. The largest absolute Gasteiger partial charge is 0.379 e. The number of hydrogen-bond acceptors (Lipinski definition) is 5. The van der Waals surface area contributed by atoms with E-state index in [0.29, 0.717) is 0 Å². The molecule has 2 aliphatic rings. The van der Waals surface area contributed by atoms with Crippen LogP contribution in [-0.4, -0.2) is 59.1 Å². The highest BCUT2D eigenvalue weighted by molar-refractivity contribution is 5.57. The lowest BCUT2D eigenvalue weighted by Gasteiger charge is -2.26. The molecule has 2 aromatic rings. The first-order valence-corrected chi connectivity index (χ1v) is 9.35. The summed E-state index contributed by atoms with van der Waals surface area (Å²) in [6, 6.07) is 8.64. The summed E-state index contributed by atoms with van der Waals surface area (Å²) in [6.07, 6.45) is 3.82. The van der Waals surface area contributed by atoms with Crippen molar-refractivity contribution in [3.8, 4) is 11.4 Å². The molecule has 0 spiro atoms. The van der Waals surface area contributed by atoms with Crippen molar-refractivity contribution in [2.45, 2.75) is 25.8 Å². The Morgan fingerprint density at radius 3 is 2.64 bits per heavy atom. The van der Waals surface area contributed by atoms with E-state index in [1.54, 1.807) is 0 Å². The van der Waals surface area contributed by atoms with Crippen molar-refractivity contribution < 1.29 is 4.74 Å². The van der Waals surface area contributed by atoms with Gasteiger partial charge < -0.3 is 9.64 Å². The molecule has 4 rings (SSSR count). The van der Waals surface area contributed by atoms with Crippen LogP contribution in [0.1, 0.15) is 24.8 Å². The van der Waals surface area contributed by atoms with E-state index in [2.05, 4.69) is 39.2 Å². The number of morpholine rings is 1. The SMILES string of the molecule is Cn1nc(-c2cccc(CN3CCOCC3)c2)nc1N1CCCCC1. The van der Waals surface area contributed by atoms with Crippen molar-refractivity contribution in [3.63, 3.8) is 0 Å². The molecule has 1 aromatic heterocycles. The van der Waals surface area contributed by atoms with Crippen LogP contribution in [0.4, 0.5) is 5.95 Å². The van der Waals surface area contributed by atoms with Gasteiger partial charge in [0.15, 0.2) is 5.82 Å². The Labute approximate surface area is 149 Å². The molecule has 2 fully saturated rings. The maximum atomic E-state index is 5.43. The molecule has 2 saturated heterocycles. The van der Waals surface area contributed by atoms with Gasteiger partial charge in [-0.05, 0) is 30.9 Å². The predicted octanol–water partition coefficient (Wildman–Crippen LogP) is 2.30. The van der Waals surface area contributed by atoms with Gasteiger partial charge in [0, 0.05) is 45.3 Å². The van der Waals surface area contributed by atoms with E-state index in [4.69, 9.17) is 9.72 Å². The number of piperidine rings is 1. The van der Waals surface area contributed by atoms with Crippen LogP contribution in [0.2, 0.25) is 0 Å². The van der Waals surface area contributed by atoms with Crippen molar-refractivity contribution in [3.05, 3.63) is 29.8 Å². The highest BCUT2D eigenvalue weighted by atomic mass is 16.5. The van der Waals surface area contributed by atoms with E-state index in [9.17, 15) is 0 Å². The number of ether oxygens (including phenoxy) is 1. The molecule has 0 radical (unpaired) electrons. The third-order valence-electron chi connectivity index (χ3n) is 5.07. The number of rotatable bonds is 4. The first-order valence-electron chi connectivity index (χ1n) is 9.35. The molecule has 6 heteroatoms. The van der Waals surface area contributed by atoms with E-state index in [0.717, 1.165) is 63.3 Å². The molecule has 134 valence electrons. The number of aromatic nitrogens is 3. The van der Waals surface area contributed by atoms with Crippen LogP contribution in [0.25, 0.3) is 11.4 Å². The maximum absolute atomic E-state index is 5.43. The molecule has 3 heterocycles. The summed E-state index contributed by atoms with van der Waals surface area (Å²) in [5, 5.41) is 4.67. The molecule has 25 heavy (non-hydrogen) atoms. The van der Waals surface area contributed by atoms with Gasteiger partial charge in [-0.15, -0.1) is 5.10 Å². The second kappa shape index (κ2) is 7.54. The first kappa shape index (κ1) is 16.5. The highest BCUT2D eigenvalue weighted by Gasteiger charge is 2.18. The maximum Gasteiger partial charge on any atom is 0.224 e. The Morgan fingerprint density at radius 1 is 1.04 bits per heavy atom. The number of nitrogens with zero attached hydrogens (tertiary/aromatic N) is 5. The third-order valence-corrected chi connectivity index (χ3v) is 5.07. The predicted molar refractivity (Wildman–Crippen MR) is 98.6 cm³/mol. The van der Waals surface area contributed by atoms with Crippen molar-refractivity contribution in [2.75, 3.05) is 44.3 Å². The molecule has 2 aliphatic heterocycles.